The van der Waals surface area contributed by atoms with Gasteiger partial charge in [0, 0.05) is 6.07 Å². The van der Waals surface area contributed by atoms with Crippen LogP contribution in [0.5, 0.6) is 0 Å². The first kappa shape index (κ1) is 19.4. The van der Waals surface area contributed by atoms with Crippen LogP contribution in [0.4, 0.5) is 11.4 Å². The standard InChI is InChI=1S/C20H24N2O4/c1-12-8-15(20(3,4)5)9-13(2)16(12)11-26-19(23)14-6-7-17(21)18(10-14)22(24)25/h6-10H,11,21H2,1-5H3. The summed E-state index contributed by atoms with van der Waals surface area (Å²) < 4.78 is 5.37. The Balaban J connectivity index is 2.20. The van der Waals surface area contributed by atoms with Crippen molar-refractivity contribution in [1.29, 1.82) is 0 Å². The van der Waals surface area contributed by atoms with Gasteiger partial charge in [0.05, 0.1) is 10.5 Å². The number of esters is 1. The van der Waals surface area contributed by atoms with Gasteiger partial charge in [0.15, 0.2) is 0 Å². The van der Waals surface area contributed by atoms with Gasteiger partial charge in [0.25, 0.3) is 5.69 Å². The van der Waals surface area contributed by atoms with E-state index in [4.69, 9.17) is 10.5 Å². The molecule has 0 atom stereocenters. The summed E-state index contributed by atoms with van der Waals surface area (Å²) in [5, 5.41) is 11.0. The lowest BCUT2D eigenvalue weighted by atomic mass is 9.84. The van der Waals surface area contributed by atoms with Crippen LogP contribution >= 0.6 is 0 Å². The molecule has 0 spiro atoms. The van der Waals surface area contributed by atoms with Gasteiger partial charge in [-0.2, -0.15) is 0 Å². The van der Waals surface area contributed by atoms with Crippen molar-refractivity contribution in [3.8, 4) is 0 Å². The number of nitro groups is 1. The summed E-state index contributed by atoms with van der Waals surface area (Å²) in [6, 6.07) is 8.10. The molecule has 0 aromatic heterocycles. The number of carbonyl (C=O) groups excluding carboxylic acids is 1. The van der Waals surface area contributed by atoms with Gasteiger partial charge in [0.1, 0.15) is 12.3 Å². The summed E-state index contributed by atoms with van der Waals surface area (Å²) in [5.41, 5.74) is 9.65. The lowest BCUT2D eigenvalue weighted by Crippen LogP contribution is -2.13. The molecule has 0 saturated carbocycles. The molecule has 6 nitrogen and oxygen atoms in total. The molecule has 0 radical (unpaired) electrons. The fourth-order valence-corrected chi connectivity index (χ4v) is 2.70. The maximum Gasteiger partial charge on any atom is 0.338 e. The number of nitrogens with zero attached hydrogens (tertiary/aromatic N) is 1. The number of ether oxygens (including phenoxy) is 1. The highest BCUT2D eigenvalue weighted by Crippen LogP contribution is 2.28. The van der Waals surface area contributed by atoms with Crippen molar-refractivity contribution in [3.05, 3.63) is 68.3 Å². The van der Waals surface area contributed by atoms with E-state index in [1.807, 2.05) is 13.8 Å². The molecule has 0 unspecified atom stereocenters. The number of benzene rings is 2. The van der Waals surface area contributed by atoms with E-state index >= 15 is 0 Å². The van der Waals surface area contributed by atoms with Crippen molar-refractivity contribution in [2.75, 3.05) is 5.73 Å². The van der Waals surface area contributed by atoms with Crippen molar-refractivity contribution in [2.45, 2.75) is 46.6 Å². The third-order valence-electron chi connectivity index (χ3n) is 4.37. The Kier molecular flexibility index (Phi) is 5.35. The number of rotatable bonds is 4. The van der Waals surface area contributed by atoms with Gasteiger partial charge in [-0.15, -0.1) is 0 Å². The monoisotopic (exact) mass is 356 g/mol. The highest BCUT2D eigenvalue weighted by Gasteiger charge is 2.19. The number of carbonyl (C=O) groups is 1. The third kappa shape index (κ3) is 4.20. The Morgan fingerprint density at radius 3 is 2.23 bits per heavy atom. The van der Waals surface area contributed by atoms with E-state index in [-0.39, 0.29) is 29.0 Å². The van der Waals surface area contributed by atoms with Gasteiger partial charge in [0.2, 0.25) is 0 Å². The maximum atomic E-state index is 12.3. The van der Waals surface area contributed by atoms with E-state index < -0.39 is 10.9 Å². The molecular weight excluding hydrogens is 332 g/mol. The van der Waals surface area contributed by atoms with Gasteiger partial charge in [-0.3, -0.25) is 10.1 Å². The zero-order valence-electron chi connectivity index (χ0n) is 15.8. The summed E-state index contributed by atoms with van der Waals surface area (Å²) in [6.07, 6.45) is 0. The largest absolute Gasteiger partial charge is 0.457 e. The average Bonchev–Trinajstić information content (AvgIpc) is 2.52. The van der Waals surface area contributed by atoms with E-state index in [0.717, 1.165) is 22.8 Å². The van der Waals surface area contributed by atoms with Crippen molar-refractivity contribution in [1.82, 2.24) is 0 Å². The molecule has 0 fully saturated rings. The average molecular weight is 356 g/mol. The molecule has 0 aliphatic rings. The van der Waals surface area contributed by atoms with E-state index in [0.29, 0.717) is 0 Å². The number of anilines is 1. The number of nitrogens with two attached hydrogens (primary N) is 1. The molecule has 2 aromatic carbocycles. The predicted octanol–water partition coefficient (Wildman–Crippen LogP) is 4.45. The SMILES string of the molecule is Cc1cc(C(C)(C)C)cc(C)c1COC(=O)c1ccc(N)c([N+](=O)[O-])c1. The molecule has 0 aliphatic heterocycles. The molecule has 6 heteroatoms. The lowest BCUT2D eigenvalue weighted by Gasteiger charge is -2.22. The summed E-state index contributed by atoms with van der Waals surface area (Å²) >= 11 is 0. The van der Waals surface area contributed by atoms with E-state index in [2.05, 4.69) is 32.9 Å². The number of hydrogen-bond acceptors (Lipinski definition) is 5. The van der Waals surface area contributed by atoms with Crippen LogP contribution in [0.2, 0.25) is 0 Å². The van der Waals surface area contributed by atoms with Gasteiger partial charge < -0.3 is 10.5 Å². The summed E-state index contributed by atoms with van der Waals surface area (Å²) in [4.78, 5) is 22.6. The first-order chi connectivity index (χ1) is 12.0. The zero-order chi connectivity index (χ0) is 19.6. The highest BCUT2D eigenvalue weighted by molar-refractivity contribution is 5.91. The zero-order valence-corrected chi connectivity index (χ0v) is 15.8. The third-order valence-corrected chi connectivity index (χ3v) is 4.37. The molecule has 2 N–H and O–H groups in total. The molecule has 2 rings (SSSR count). The molecule has 0 bridgehead atoms. The van der Waals surface area contributed by atoms with Crippen LogP contribution in [-0.4, -0.2) is 10.9 Å². The molecule has 0 saturated heterocycles. The maximum absolute atomic E-state index is 12.3. The Labute approximate surface area is 153 Å². The number of aryl methyl sites for hydroxylation is 2. The number of nitrogen functional groups attached to an aromatic ring is 1. The Morgan fingerprint density at radius 2 is 1.73 bits per heavy atom. The van der Waals surface area contributed by atoms with E-state index in [1.54, 1.807) is 0 Å². The molecule has 2 aromatic rings. The van der Waals surface area contributed by atoms with Crippen LogP contribution in [0.25, 0.3) is 0 Å². The van der Waals surface area contributed by atoms with Gasteiger partial charge in [-0.05, 0) is 53.6 Å². The molecule has 138 valence electrons. The minimum absolute atomic E-state index is 0.0102. The molecule has 0 amide bonds. The molecule has 0 aliphatic carbocycles. The van der Waals surface area contributed by atoms with Crippen molar-refractivity contribution < 1.29 is 14.5 Å². The van der Waals surface area contributed by atoms with Crippen LogP contribution in [0.15, 0.2) is 30.3 Å². The molecule has 0 heterocycles. The van der Waals surface area contributed by atoms with E-state index in [9.17, 15) is 14.9 Å². The second kappa shape index (κ2) is 7.15. The summed E-state index contributed by atoms with van der Waals surface area (Å²) in [7, 11) is 0. The smallest absolute Gasteiger partial charge is 0.338 e. The van der Waals surface area contributed by atoms with Crippen molar-refractivity contribution in [3.63, 3.8) is 0 Å². The van der Waals surface area contributed by atoms with Gasteiger partial charge in [-0.25, -0.2) is 4.79 Å². The minimum Gasteiger partial charge on any atom is -0.457 e. The number of nitro benzene ring substituents is 1. The lowest BCUT2D eigenvalue weighted by molar-refractivity contribution is -0.383. The second-order valence-corrected chi connectivity index (χ2v) is 7.45. The van der Waals surface area contributed by atoms with Crippen LogP contribution in [-0.2, 0) is 16.8 Å². The Bertz CT molecular complexity index is 844. The Morgan fingerprint density at radius 1 is 1.15 bits per heavy atom. The van der Waals surface area contributed by atoms with Crippen LogP contribution in [0.1, 0.15) is 53.4 Å². The fraction of sp³-hybridized carbons (Fsp3) is 0.350. The van der Waals surface area contributed by atoms with Crippen LogP contribution in [0, 0.1) is 24.0 Å². The number of hydrogen-bond donors (Lipinski definition) is 1. The summed E-state index contributed by atoms with van der Waals surface area (Å²) in [5.74, 6) is -0.619. The highest BCUT2D eigenvalue weighted by atomic mass is 16.6. The fourth-order valence-electron chi connectivity index (χ4n) is 2.70. The van der Waals surface area contributed by atoms with Crippen molar-refractivity contribution in [2.24, 2.45) is 0 Å². The first-order valence-electron chi connectivity index (χ1n) is 8.32. The van der Waals surface area contributed by atoms with Crippen LogP contribution in [0.3, 0.4) is 0 Å². The van der Waals surface area contributed by atoms with Gasteiger partial charge >= 0.3 is 5.97 Å². The van der Waals surface area contributed by atoms with Crippen LogP contribution < -0.4 is 5.73 Å². The molecular formula is C20H24N2O4. The Hall–Kier alpha value is -2.89. The predicted molar refractivity (Wildman–Crippen MR) is 101 cm³/mol. The van der Waals surface area contributed by atoms with E-state index in [1.165, 1.54) is 17.7 Å². The van der Waals surface area contributed by atoms with Crippen molar-refractivity contribution >= 4 is 17.3 Å². The molecule has 26 heavy (non-hydrogen) atoms. The quantitative estimate of drug-likeness (QED) is 0.378. The second-order valence-electron chi connectivity index (χ2n) is 7.45. The minimum atomic E-state index is -0.619. The normalized spacial score (nSPS) is 11.3. The van der Waals surface area contributed by atoms with Gasteiger partial charge in [-0.1, -0.05) is 32.9 Å². The summed E-state index contributed by atoms with van der Waals surface area (Å²) in [6.45, 7) is 10.5. The first-order valence-corrected chi connectivity index (χ1v) is 8.32. The topological polar surface area (TPSA) is 95.5 Å².